The number of rotatable bonds is 1. The molecule has 18 heavy (non-hydrogen) atoms. The molecule has 4 heteroatoms. The molecular weight excluding hydrogens is 312 g/mol. The highest BCUT2D eigenvalue weighted by atomic mass is 79.9. The van der Waals surface area contributed by atoms with Crippen molar-refractivity contribution in [2.24, 2.45) is 0 Å². The van der Waals surface area contributed by atoms with Crippen molar-refractivity contribution in [1.29, 1.82) is 0 Å². The van der Waals surface area contributed by atoms with E-state index in [1.165, 1.54) is 0 Å². The zero-order valence-corrected chi connectivity index (χ0v) is 11.6. The predicted octanol–water partition coefficient (Wildman–Crippen LogP) is 4.71. The third-order valence-corrected chi connectivity index (χ3v) is 3.30. The Morgan fingerprint density at radius 1 is 0.889 bits per heavy atom. The molecule has 3 rings (SSSR count). The molecule has 0 saturated heterocycles. The van der Waals surface area contributed by atoms with Crippen LogP contribution < -0.4 is 0 Å². The summed E-state index contributed by atoms with van der Waals surface area (Å²) in [5, 5.41) is 1.75. The van der Waals surface area contributed by atoms with E-state index >= 15 is 0 Å². The zero-order chi connectivity index (χ0) is 12.5. The Morgan fingerprint density at radius 2 is 1.61 bits per heavy atom. The molecule has 0 unspecified atom stereocenters. The van der Waals surface area contributed by atoms with Gasteiger partial charge in [0.2, 0.25) is 0 Å². The molecule has 1 heterocycles. The molecule has 88 valence electrons. The fourth-order valence-electron chi connectivity index (χ4n) is 1.88. The van der Waals surface area contributed by atoms with Crippen molar-refractivity contribution in [3.8, 4) is 11.3 Å². The van der Waals surface area contributed by atoms with Crippen LogP contribution in [0.2, 0.25) is 5.02 Å². The summed E-state index contributed by atoms with van der Waals surface area (Å²) in [6.07, 6.45) is 0. The van der Waals surface area contributed by atoms with E-state index in [0.29, 0.717) is 4.73 Å². The van der Waals surface area contributed by atoms with Crippen LogP contribution in [0.3, 0.4) is 0 Å². The first kappa shape index (κ1) is 11.6. The highest BCUT2D eigenvalue weighted by Gasteiger charge is 2.07. The Morgan fingerprint density at radius 3 is 2.39 bits per heavy atom. The average molecular weight is 320 g/mol. The van der Waals surface area contributed by atoms with Gasteiger partial charge < -0.3 is 0 Å². The maximum Gasteiger partial charge on any atom is 0.197 e. The number of halogens is 2. The summed E-state index contributed by atoms with van der Waals surface area (Å²) in [5.41, 5.74) is 2.85. The van der Waals surface area contributed by atoms with E-state index in [0.717, 1.165) is 27.2 Å². The summed E-state index contributed by atoms with van der Waals surface area (Å²) in [7, 11) is 0. The molecule has 1 aromatic heterocycles. The molecule has 0 atom stereocenters. The molecule has 2 aromatic carbocycles. The van der Waals surface area contributed by atoms with E-state index in [9.17, 15) is 0 Å². The second kappa shape index (κ2) is 4.67. The molecule has 0 spiro atoms. The molecule has 0 radical (unpaired) electrons. The number of aromatic nitrogens is 2. The van der Waals surface area contributed by atoms with Crippen LogP contribution in [-0.4, -0.2) is 9.97 Å². The number of nitrogens with zero attached hydrogens (tertiary/aromatic N) is 2. The van der Waals surface area contributed by atoms with Crippen molar-refractivity contribution < 1.29 is 0 Å². The highest BCUT2D eigenvalue weighted by molar-refractivity contribution is 9.10. The molecule has 3 aromatic rings. The minimum atomic E-state index is 0.589. The summed E-state index contributed by atoms with van der Waals surface area (Å²) in [6.45, 7) is 0. The molecule has 0 aliphatic rings. The lowest BCUT2D eigenvalue weighted by molar-refractivity contribution is 1.16. The highest BCUT2D eigenvalue weighted by Crippen LogP contribution is 2.28. The summed E-state index contributed by atoms with van der Waals surface area (Å²) in [4.78, 5) is 8.82. The quantitative estimate of drug-likeness (QED) is 0.607. The predicted molar refractivity (Wildman–Crippen MR) is 77.7 cm³/mol. The largest absolute Gasteiger partial charge is 0.222 e. The molecule has 0 saturated carbocycles. The maximum absolute atomic E-state index is 5.91. The van der Waals surface area contributed by atoms with Crippen LogP contribution in [0, 0.1) is 0 Å². The third-order valence-electron chi connectivity index (χ3n) is 2.69. The van der Waals surface area contributed by atoms with Gasteiger partial charge in [-0.1, -0.05) is 41.9 Å². The van der Waals surface area contributed by atoms with E-state index in [2.05, 4.69) is 25.9 Å². The Balaban J connectivity index is 2.31. The van der Waals surface area contributed by atoms with E-state index in [1.807, 2.05) is 48.5 Å². The van der Waals surface area contributed by atoms with E-state index < -0.39 is 0 Å². The van der Waals surface area contributed by atoms with Gasteiger partial charge in [-0.15, -0.1) is 0 Å². The van der Waals surface area contributed by atoms with Crippen LogP contribution in [-0.2, 0) is 0 Å². The van der Waals surface area contributed by atoms with Gasteiger partial charge in [0.05, 0.1) is 11.2 Å². The number of fused-ring (bicyclic) bond motifs is 1. The van der Waals surface area contributed by atoms with Gasteiger partial charge in [-0.05, 0) is 34.1 Å². The molecule has 0 N–H and O–H groups in total. The van der Waals surface area contributed by atoms with Crippen LogP contribution in [0.25, 0.3) is 22.2 Å². The zero-order valence-electron chi connectivity index (χ0n) is 9.27. The number of benzene rings is 2. The molecule has 0 fully saturated rings. The Labute approximate surface area is 118 Å². The third kappa shape index (κ3) is 2.11. The van der Waals surface area contributed by atoms with Crippen molar-refractivity contribution in [3.63, 3.8) is 0 Å². The van der Waals surface area contributed by atoms with E-state index in [-0.39, 0.29) is 0 Å². The number of hydrogen-bond acceptors (Lipinski definition) is 2. The summed E-state index contributed by atoms with van der Waals surface area (Å²) >= 11 is 9.25. The normalized spacial score (nSPS) is 10.8. The second-order valence-corrected chi connectivity index (χ2v) is 5.01. The maximum atomic E-state index is 5.91. The van der Waals surface area contributed by atoms with Gasteiger partial charge in [-0.25, -0.2) is 9.97 Å². The van der Waals surface area contributed by atoms with Gasteiger partial charge in [0.25, 0.3) is 0 Å². The van der Waals surface area contributed by atoms with Crippen LogP contribution >= 0.6 is 27.5 Å². The standard InChI is InChI=1S/C14H8BrClN2/c15-14-17-12-4-2-1-3-11(12)13(18-14)9-5-7-10(16)8-6-9/h1-8H. The fourth-order valence-corrected chi connectivity index (χ4v) is 2.37. The van der Waals surface area contributed by atoms with Crippen LogP contribution in [0.1, 0.15) is 0 Å². The minimum absolute atomic E-state index is 0.589. The first-order valence-corrected chi connectivity index (χ1v) is 6.59. The van der Waals surface area contributed by atoms with Crippen LogP contribution in [0.15, 0.2) is 53.3 Å². The van der Waals surface area contributed by atoms with E-state index in [4.69, 9.17) is 11.6 Å². The van der Waals surface area contributed by atoms with Gasteiger partial charge in [0.15, 0.2) is 4.73 Å². The lowest BCUT2D eigenvalue weighted by Gasteiger charge is -2.06. The van der Waals surface area contributed by atoms with Gasteiger partial charge in [0.1, 0.15) is 0 Å². The van der Waals surface area contributed by atoms with Gasteiger partial charge >= 0.3 is 0 Å². The summed E-state index contributed by atoms with van der Waals surface area (Å²) in [6, 6.07) is 15.6. The second-order valence-electron chi connectivity index (χ2n) is 3.87. The molecule has 0 aliphatic carbocycles. The topological polar surface area (TPSA) is 25.8 Å². The smallest absolute Gasteiger partial charge is 0.197 e. The van der Waals surface area contributed by atoms with Crippen molar-refractivity contribution in [2.75, 3.05) is 0 Å². The fraction of sp³-hybridized carbons (Fsp3) is 0. The van der Waals surface area contributed by atoms with Crippen molar-refractivity contribution >= 4 is 38.4 Å². The van der Waals surface area contributed by atoms with E-state index in [1.54, 1.807) is 0 Å². The van der Waals surface area contributed by atoms with Gasteiger partial charge in [-0.2, -0.15) is 0 Å². The first-order valence-electron chi connectivity index (χ1n) is 5.42. The minimum Gasteiger partial charge on any atom is -0.222 e. The molecule has 2 nitrogen and oxygen atoms in total. The Hall–Kier alpha value is -1.45. The van der Waals surface area contributed by atoms with Gasteiger partial charge in [0, 0.05) is 16.0 Å². The monoisotopic (exact) mass is 318 g/mol. The number of hydrogen-bond donors (Lipinski definition) is 0. The van der Waals surface area contributed by atoms with Crippen molar-refractivity contribution in [1.82, 2.24) is 9.97 Å². The number of para-hydroxylation sites is 1. The van der Waals surface area contributed by atoms with Crippen molar-refractivity contribution in [2.45, 2.75) is 0 Å². The molecule has 0 aliphatic heterocycles. The summed E-state index contributed by atoms with van der Waals surface area (Å²) in [5.74, 6) is 0. The lowest BCUT2D eigenvalue weighted by atomic mass is 10.1. The Kier molecular flexibility index (Phi) is 3.02. The lowest BCUT2D eigenvalue weighted by Crippen LogP contribution is -1.91. The Bertz CT molecular complexity index is 711. The SMILES string of the molecule is Clc1ccc(-c2nc(Br)nc3ccccc23)cc1. The molecular formula is C14H8BrClN2. The first-order chi connectivity index (χ1) is 8.74. The van der Waals surface area contributed by atoms with Crippen molar-refractivity contribution in [3.05, 3.63) is 58.3 Å². The van der Waals surface area contributed by atoms with Gasteiger partial charge in [-0.3, -0.25) is 0 Å². The average Bonchev–Trinajstić information content (AvgIpc) is 2.38. The van der Waals surface area contributed by atoms with Crippen LogP contribution in [0.4, 0.5) is 0 Å². The van der Waals surface area contributed by atoms with Crippen LogP contribution in [0.5, 0.6) is 0 Å². The molecule has 0 bridgehead atoms. The summed E-state index contributed by atoms with van der Waals surface area (Å²) < 4.78 is 0.589. The molecule has 0 amide bonds.